The summed E-state index contributed by atoms with van der Waals surface area (Å²) in [6.07, 6.45) is -0.706. The van der Waals surface area contributed by atoms with E-state index in [9.17, 15) is 26.7 Å². The van der Waals surface area contributed by atoms with Crippen LogP contribution in [0.2, 0.25) is 0 Å². The van der Waals surface area contributed by atoms with Gasteiger partial charge in [0.15, 0.2) is 0 Å². The van der Waals surface area contributed by atoms with Crippen LogP contribution in [0.4, 0.5) is 13.2 Å². The molecule has 2 fully saturated rings. The zero-order valence-corrected chi connectivity index (χ0v) is 20.4. The second-order valence-corrected chi connectivity index (χ2v) is 12.2. The van der Waals surface area contributed by atoms with Crippen molar-refractivity contribution in [3.05, 3.63) is 41.5 Å². The van der Waals surface area contributed by atoms with Crippen molar-refractivity contribution in [2.24, 2.45) is 17.3 Å². The van der Waals surface area contributed by atoms with E-state index < -0.39 is 27.9 Å². The summed E-state index contributed by atoms with van der Waals surface area (Å²) >= 11 is 0. The first-order valence-electron chi connectivity index (χ1n) is 11.7. The third-order valence-corrected chi connectivity index (χ3v) is 9.66. The Bertz CT molecular complexity index is 1020. The summed E-state index contributed by atoms with van der Waals surface area (Å²) in [5.74, 6) is 1.33. The molecule has 0 aromatic heterocycles. The molecule has 190 valence electrons. The third-order valence-electron chi connectivity index (χ3n) is 7.76. The van der Waals surface area contributed by atoms with Crippen molar-refractivity contribution in [3.63, 3.8) is 0 Å². The van der Waals surface area contributed by atoms with Gasteiger partial charge in [0.2, 0.25) is 10.0 Å². The summed E-state index contributed by atoms with van der Waals surface area (Å²) in [5, 5.41) is 10.4. The number of ether oxygens (including phenoxy) is 1. The molecule has 1 aliphatic heterocycles. The number of sulfonamides is 1. The molecule has 0 unspecified atom stereocenters. The number of rotatable bonds is 8. The molecular weight excluding hydrogens is 469 g/mol. The lowest BCUT2D eigenvalue weighted by atomic mass is 9.49. The van der Waals surface area contributed by atoms with Gasteiger partial charge in [-0.25, -0.2) is 8.42 Å². The lowest BCUT2D eigenvalue weighted by Crippen LogP contribution is -2.50. The monoisotopic (exact) mass is 502 g/mol. The molecule has 6 nitrogen and oxygen atoms in total. The number of hydrogen-bond donors (Lipinski definition) is 1. The molecule has 1 aromatic carbocycles. The van der Waals surface area contributed by atoms with E-state index in [1.165, 1.54) is 22.4 Å². The van der Waals surface area contributed by atoms with E-state index in [0.717, 1.165) is 24.5 Å². The van der Waals surface area contributed by atoms with E-state index in [4.69, 9.17) is 4.74 Å². The van der Waals surface area contributed by atoms with E-state index in [1.54, 1.807) is 0 Å². The Morgan fingerprint density at radius 3 is 2.53 bits per heavy atom. The SMILES string of the molecule is CC1(C)[C@@H]2CC=C(COC[C@@H](O)CN3CCN(S(=O)(=O)c4cccc(C(F)(F)F)c4)CC3)[C@@H]1C2. The van der Waals surface area contributed by atoms with Crippen LogP contribution < -0.4 is 0 Å². The van der Waals surface area contributed by atoms with Gasteiger partial charge in [-0.3, -0.25) is 4.90 Å². The van der Waals surface area contributed by atoms with Crippen molar-refractivity contribution >= 4 is 10.0 Å². The number of alkyl halides is 3. The normalized spacial score (nSPS) is 26.6. The number of aliphatic hydroxyl groups is 1. The van der Waals surface area contributed by atoms with Crippen LogP contribution in [-0.2, 0) is 20.9 Å². The van der Waals surface area contributed by atoms with Crippen LogP contribution in [0.1, 0.15) is 32.3 Å². The molecule has 3 atom stereocenters. The van der Waals surface area contributed by atoms with Crippen molar-refractivity contribution in [1.82, 2.24) is 9.21 Å². The molecule has 0 amide bonds. The summed E-state index contributed by atoms with van der Waals surface area (Å²) in [7, 11) is -4.02. The molecule has 1 saturated carbocycles. The molecule has 10 heteroatoms. The van der Waals surface area contributed by atoms with Gasteiger partial charge in [-0.15, -0.1) is 0 Å². The van der Waals surface area contributed by atoms with E-state index in [-0.39, 0.29) is 24.6 Å². The minimum Gasteiger partial charge on any atom is -0.389 e. The van der Waals surface area contributed by atoms with Crippen LogP contribution >= 0.6 is 0 Å². The summed E-state index contributed by atoms with van der Waals surface area (Å²) in [5.41, 5.74) is 0.674. The molecular formula is C24H33F3N2O4S. The van der Waals surface area contributed by atoms with Gasteiger partial charge in [-0.05, 0) is 53.9 Å². The second kappa shape index (κ2) is 9.54. The highest BCUT2D eigenvalue weighted by molar-refractivity contribution is 7.89. The molecule has 5 rings (SSSR count). The number of nitrogens with zero attached hydrogens (tertiary/aromatic N) is 2. The number of allylic oxidation sites excluding steroid dienone is 1. The van der Waals surface area contributed by atoms with Gasteiger partial charge >= 0.3 is 6.18 Å². The molecule has 0 radical (unpaired) electrons. The predicted molar refractivity (Wildman–Crippen MR) is 122 cm³/mol. The van der Waals surface area contributed by atoms with Gasteiger partial charge in [-0.1, -0.05) is 26.0 Å². The quantitative estimate of drug-likeness (QED) is 0.552. The number of hydrogen-bond acceptors (Lipinski definition) is 5. The van der Waals surface area contributed by atoms with Crippen molar-refractivity contribution in [2.75, 3.05) is 45.9 Å². The zero-order chi connectivity index (χ0) is 24.7. The Balaban J connectivity index is 1.23. The Labute approximate surface area is 199 Å². The van der Waals surface area contributed by atoms with Gasteiger partial charge in [0, 0.05) is 32.7 Å². The maximum atomic E-state index is 13.0. The largest absolute Gasteiger partial charge is 0.416 e. The van der Waals surface area contributed by atoms with Crippen LogP contribution in [0, 0.1) is 17.3 Å². The van der Waals surface area contributed by atoms with E-state index in [1.807, 2.05) is 4.90 Å². The first kappa shape index (κ1) is 25.6. The predicted octanol–water partition coefficient (Wildman–Crippen LogP) is 3.38. The van der Waals surface area contributed by atoms with Gasteiger partial charge in [0.25, 0.3) is 0 Å². The molecule has 2 bridgehead atoms. The highest BCUT2D eigenvalue weighted by Gasteiger charge is 2.51. The standard InChI is InChI=1S/C24H33F3N2O4S/c1-23(2)18-7-6-17(22(23)13-18)15-33-16-20(30)14-28-8-10-29(11-9-28)34(31,32)21-5-3-4-19(12-21)24(25,26)27/h3-6,12,18,20,22,30H,7-11,13-16H2,1-2H3/t18-,20+,22+/m1/s1. The summed E-state index contributed by atoms with van der Waals surface area (Å²) in [6.45, 7) is 6.77. The van der Waals surface area contributed by atoms with Crippen molar-refractivity contribution in [3.8, 4) is 0 Å². The molecule has 1 saturated heterocycles. The molecule has 0 spiro atoms. The zero-order valence-electron chi connectivity index (χ0n) is 19.6. The number of piperazine rings is 1. The van der Waals surface area contributed by atoms with Gasteiger partial charge in [0.05, 0.1) is 29.8 Å². The van der Waals surface area contributed by atoms with Crippen molar-refractivity contribution < 1.29 is 31.4 Å². The van der Waals surface area contributed by atoms with Gasteiger partial charge in [-0.2, -0.15) is 17.5 Å². The number of aliphatic hydroxyl groups excluding tert-OH is 1. The first-order chi connectivity index (χ1) is 15.9. The summed E-state index contributed by atoms with van der Waals surface area (Å²) in [4.78, 5) is 1.59. The molecule has 1 N–H and O–H groups in total. The Morgan fingerprint density at radius 2 is 1.91 bits per heavy atom. The molecule has 34 heavy (non-hydrogen) atoms. The summed E-state index contributed by atoms with van der Waals surface area (Å²) in [6, 6.07) is 3.82. The Kier molecular flexibility index (Phi) is 7.19. The van der Waals surface area contributed by atoms with Gasteiger partial charge < -0.3 is 9.84 Å². The molecule has 1 heterocycles. The number of halogens is 3. The Hall–Kier alpha value is -1.46. The number of benzene rings is 1. The third kappa shape index (κ3) is 5.21. The lowest BCUT2D eigenvalue weighted by molar-refractivity contribution is -0.137. The van der Waals surface area contributed by atoms with E-state index in [2.05, 4.69) is 19.9 Å². The molecule has 4 aliphatic rings. The lowest BCUT2D eigenvalue weighted by Gasteiger charge is -2.56. The minimum absolute atomic E-state index is 0.150. The van der Waals surface area contributed by atoms with Crippen LogP contribution in [0.3, 0.4) is 0 Å². The van der Waals surface area contributed by atoms with Crippen LogP contribution in [0.25, 0.3) is 0 Å². The minimum atomic E-state index is -4.60. The number of β-amino-alcohol motifs (C(OH)–C–C–N with tert-alkyl or cyclic N) is 1. The summed E-state index contributed by atoms with van der Waals surface area (Å²) < 4.78 is 71.6. The first-order valence-corrected chi connectivity index (χ1v) is 13.2. The topological polar surface area (TPSA) is 70.1 Å². The Morgan fingerprint density at radius 1 is 1.21 bits per heavy atom. The van der Waals surface area contributed by atoms with Crippen LogP contribution in [0.5, 0.6) is 0 Å². The van der Waals surface area contributed by atoms with Crippen LogP contribution in [0.15, 0.2) is 40.8 Å². The fourth-order valence-electron chi connectivity index (χ4n) is 5.44. The fraction of sp³-hybridized carbons (Fsp3) is 0.667. The molecule has 1 aromatic rings. The second-order valence-electron chi connectivity index (χ2n) is 10.2. The van der Waals surface area contributed by atoms with Crippen molar-refractivity contribution in [1.29, 1.82) is 0 Å². The highest BCUT2D eigenvalue weighted by Crippen LogP contribution is 2.59. The highest BCUT2D eigenvalue weighted by atomic mass is 32.2. The van der Waals surface area contributed by atoms with E-state index >= 15 is 0 Å². The van der Waals surface area contributed by atoms with Gasteiger partial charge in [0.1, 0.15) is 0 Å². The fourth-order valence-corrected chi connectivity index (χ4v) is 6.91. The average molecular weight is 503 g/mol. The van der Waals surface area contributed by atoms with Crippen molar-refractivity contribution in [2.45, 2.75) is 43.9 Å². The van der Waals surface area contributed by atoms with E-state index in [0.29, 0.717) is 43.6 Å². The maximum absolute atomic E-state index is 13.0. The van der Waals surface area contributed by atoms with Crippen LogP contribution in [-0.4, -0.2) is 74.8 Å². The smallest absolute Gasteiger partial charge is 0.389 e. The maximum Gasteiger partial charge on any atom is 0.416 e. The number of fused-ring (bicyclic) bond motifs is 1. The molecule has 3 aliphatic carbocycles. The average Bonchev–Trinajstić information content (AvgIpc) is 2.79.